The first-order chi connectivity index (χ1) is 14.4. The number of amides is 1. The number of hydrogen-bond acceptors (Lipinski definition) is 3. The molecular formula is C23H21ClN2O3S. The summed E-state index contributed by atoms with van der Waals surface area (Å²) in [5.41, 5.74) is 3.26. The minimum atomic E-state index is -3.76. The maximum Gasteiger partial charge on any atom is 0.261 e. The summed E-state index contributed by atoms with van der Waals surface area (Å²) in [4.78, 5) is 12.8. The van der Waals surface area contributed by atoms with Crippen LogP contribution in [0.3, 0.4) is 0 Å². The van der Waals surface area contributed by atoms with Crippen molar-refractivity contribution < 1.29 is 13.2 Å². The molecule has 3 aromatic rings. The van der Waals surface area contributed by atoms with E-state index in [1.807, 2.05) is 12.1 Å². The minimum absolute atomic E-state index is 0.0302. The fraction of sp³-hybridized carbons (Fsp3) is 0.174. The molecule has 0 radical (unpaired) electrons. The van der Waals surface area contributed by atoms with Crippen LogP contribution in [0.2, 0.25) is 5.02 Å². The summed E-state index contributed by atoms with van der Waals surface area (Å²) in [6, 6.07) is 20.4. The Morgan fingerprint density at radius 2 is 1.63 bits per heavy atom. The number of anilines is 1. The van der Waals surface area contributed by atoms with Crippen LogP contribution in [0, 0.1) is 0 Å². The molecule has 3 aromatic carbocycles. The van der Waals surface area contributed by atoms with Gasteiger partial charge in [-0.25, -0.2) is 8.42 Å². The van der Waals surface area contributed by atoms with Gasteiger partial charge < -0.3 is 5.32 Å². The van der Waals surface area contributed by atoms with Crippen LogP contribution in [0.5, 0.6) is 0 Å². The smallest absolute Gasteiger partial charge is 0.261 e. The molecule has 0 saturated carbocycles. The molecule has 154 valence electrons. The molecule has 0 aliphatic heterocycles. The topological polar surface area (TPSA) is 75.3 Å². The van der Waals surface area contributed by atoms with E-state index in [1.54, 1.807) is 24.3 Å². The first-order valence-corrected chi connectivity index (χ1v) is 11.6. The van der Waals surface area contributed by atoms with E-state index >= 15 is 0 Å². The van der Waals surface area contributed by atoms with E-state index in [1.165, 1.54) is 29.8 Å². The van der Waals surface area contributed by atoms with Gasteiger partial charge in [-0.2, -0.15) is 0 Å². The molecule has 1 amide bonds. The maximum atomic E-state index is 12.7. The molecule has 1 aliphatic carbocycles. The van der Waals surface area contributed by atoms with E-state index in [4.69, 9.17) is 11.6 Å². The van der Waals surface area contributed by atoms with E-state index in [0.717, 1.165) is 24.8 Å². The number of aryl methyl sites for hydroxylation is 1. The molecule has 0 fully saturated rings. The Labute approximate surface area is 181 Å². The van der Waals surface area contributed by atoms with Gasteiger partial charge in [0.25, 0.3) is 15.9 Å². The lowest BCUT2D eigenvalue weighted by Crippen LogP contribution is -2.31. The summed E-state index contributed by atoms with van der Waals surface area (Å²) in [5.74, 6) is -0.216. The Balaban J connectivity index is 1.47. The predicted molar refractivity (Wildman–Crippen MR) is 118 cm³/mol. The fourth-order valence-corrected chi connectivity index (χ4v) is 4.85. The molecule has 0 aromatic heterocycles. The van der Waals surface area contributed by atoms with Gasteiger partial charge >= 0.3 is 0 Å². The summed E-state index contributed by atoms with van der Waals surface area (Å²) in [6.07, 6.45) is 2.94. The summed E-state index contributed by atoms with van der Waals surface area (Å²) >= 11 is 5.83. The highest BCUT2D eigenvalue weighted by atomic mass is 35.5. The third-order valence-corrected chi connectivity index (χ3v) is 6.85. The zero-order chi connectivity index (χ0) is 21.1. The van der Waals surface area contributed by atoms with Gasteiger partial charge in [0.2, 0.25) is 0 Å². The van der Waals surface area contributed by atoms with Crippen molar-refractivity contribution in [3.63, 3.8) is 0 Å². The summed E-state index contributed by atoms with van der Waals surface area (Å²) in [6.45, 7) is 0. The summed E-state index contributed by atoms with van der Waals surface area (Å²) in [7, 11) is -3.76. The summed E-state index contributed by atoms with van der Waals surface area (Å²) < 4.78 is 27.7. The number of sulfonamides is 1. The van der Waals surface area contributed by atoms with E-state index in [0.29, 0.717) is 16.3 Å². The zero-order valence-electron chi connectivity index (χ0n) is 16.1. The van der Waals surface area contributed by atoms with Crippen LogP contribution >= 0.6 is 11.6 Å². The predicted octanol–water partition coefficient (Wildman–Crippen LogP) is 4.95. The quantitative estimate of drug-likeness (QED) is 0.589. The lowest BCUT2D eigenvalue weighted by Gasteiger charge is -2.26. The van der Waals surface area contributed by atoms with Crippen molar-refractivity contribution >= 4 is 33.2 Å². The van der Waals surface area contributed by atoms with Crippen molar-refractivity contribution in [2.24, 2.45) is 0 Å². The lowest BCUT2D eigenvalue weighted by molar-refractivity contribution is 0.0932. The van der Waals surface area contributed by atoms with E-state index in [9.17, 15) is 13.2 Å². The molecule has 5 nitrogen and oxygen atoms in total. The number of nitrogens with one attached hydrogen (secondary N) is 2. The largest absolute Gasteiger partial charge is 0.345 e. The Kier molecular flexibility index (Phi) is 5.79. The average molecular weight is 441 g/mol. The van der Waals surface area contributed by atoms with Gasteiger partial charge in [0.15, 0.2) is 0 Å². The maximum absolute atomic E-state index is 12.7. The Morgan fingerprint density at radius 1 is 0.933 bits per heavy atom. The molecule has 0 saturated heterocycles. The highest BCUT2D eigenvalue weighted by molar-refractivity contribution is 7.92. The van der Waals surface area contributed by atoms with E-state index in [-0.39, 0.29) is 16.8 Å². The molecule has 4 rings (SSSR count). The van der Waals surface area contributed by atoms with Crippen molar-refractivity contribution in [2.45, 2.75) is 30.2 Å². The second kappa shape index (κ2) is 8.50. The molecule has 2 N–H and O–H groups in total. The number of carbonyl (C=O) groups is 1. The average Bonchev–Trinajstić information content (AvgIpc) is 2.75. The minimum Gasteiger partial charge on any atom is -0.345 e. The molecule has 0 heterocycles. The van der Waals surface area contributed by atoms with Crippen LogP contribution in [0.15, 0.2) is 77.7 Å². The number of hydrogen-bond donors (Lipinski definition) is 2. The normalized spacial score (nSPS) is 15.8. The molecule has 1 atom stereocenters. The molecule has 1 aliphatic rings. The number of halogens is 1. The van der Waals surface area contributed by atoms with Crippen molar-refractivity contribution in [3.8, 4) is 0 Å². The second-order valence-electron chi connectivity index (χ2n) is 7.25. The van der Waals surface area contributed by atoms with Crippen LogP contribution in [0.25, 0.3) is 0 Å². The molecule has 0 spiro atoms. The second-order valence-corrected chi connectivity index (χ2v) is 9.37. The molecular weight excluding hydrogens is 420 g/mol. The third kappa shape index (κ3) is 4.50. The van der Waals surface area contributed by atoms with Crippen molar-refractivity contribution in [1.29, 1.82) is 0 Å². The SMILES string of the molecule is O=C(N[C@H]1CCCc2ccccc21)c1ccc(S(=O)(=O)Nc2ccc(Cl)cc2)cc1. The molecule has 30 heavy (non-hydrogen) atoms. The van der Waals surface area contributed by atoms with Gasteiger partial charge in [0, 0.05) is 16.3 Å². The van der Waals surface area contributed by atoms with Crippen molar-refractivity contribution in [3.05, 3.63) is 94.5 Å². The lowest BCUT2D eigenvalue weighted by atomic mass is 9.87. The number of carbonyl (C=O) groups excluding carboxylic acids is 1. The van der Waals surface area contributed by atoms with Gasteiger partial charge in [0.1, 0.15) is 0 Å². The Hall–Kier alpha value is -2.83. The first kappa shape index (κ1) is 20.4. The van der Waals surface area contributed by atoms with Crippen molar-refractivity contribution in [1.82, 2.24) is 5.32 Å². The van der Waals surface area contributed by atoms with Gasteiger partial charge in [-0.15, -0.1) is 0 Å². The van der Waals surface area contributed by atoms with Gasteiger partial charge in [-0.1, -0.05) is 35.9 Å². The van der Waals surface area contributed by atoms with Crippen LogP contribution in [-0.4, -0.2) is 14.3 Å². The van der Waals surface area contributed by atoms with Crippen molar-refractivity contribution in [2.75, 3.05) is 4.72 Å². The van der Waals surface area contributed by atoms with Crippen LogP contribution < -0.4 is 10.0 Å². The number of fused-ring (bicyclic) bond motifs is 1. The molecule has 7 heteroatoms. The number of benzene rings is 3. The van der Waals surface area contributed by atoms with Gasteiger partial charge in [-0.05, 0) is 78.9 Å². The Morgan fingerprint density at radius 3 is 2.37 bits per heavy atom. The standard InChI is InChI=1S/C23H21ClN2O3S/c24-18-10-12-19(13-11-18)26-30(28,29)20-14-8-17(9-15-20)23(27)25-22-7-3-5-16-4-1-2-6-21(16)22/h1-2,4,6,8-15,22,26H,3,5,7H2,(H,25,27)/t22-/m0/s1. The molecule has 0 bridgehead atoms. The van der Waals surface area contributed by atoms with E-state index < -0.39 is 10.0 Å². The van der Waals surface area contributed by atoms with Gasteiger partial charge in [-0.3, -0.25) is 9.52 Å². The molecule has 0 unspecified atom stereocenters. The van der Waals surface area contributed by atoms with Crippen LogP contribution in [-0.2, 0) is 16.4 Å². The van der Waals surface area contributed by atoms with Crippen LogP contribution in [0.4, 0.5) is 5.69 Å². The summed E-state index contributed by atoms with van der Waals surface area (Å²) in [5, 5.41) is 3.60. The zero-order valence-corrected chi connectivity index (χ0v) is 17.7. The fourth-order valence-electron chi connectivity index (χ4n) is 3.66. The first-order valence-electron chi connectivity index (χ1n) is 9.69. The third-order valence-electron chi connectivity index (χ3n) is 5.20. The highest BCUT2D eigenvalue weighted by Crippen LogP contribution is 2.29. The van der Waals surface area contributed by atoms with Crippen LogP contribution in [0.1, 0.15) is 40.4 Å². The Bertz CT molecular complexity index is 1160. The highest BCUT2D eigenvalue weighted by Gasteiger charge is 2.22. The monoisotopic (exact) mass is 440 g/mol. The van der Waals surface area contributed by atoms with E-state index in [2.05, 4.69) is 22.2 Å². The number of rotatable bonds is 5. The van der Waals surface area contributed by atoms with Gasteiger partial charge in [0.05, 0.1) is 10.9 Å².